The number of hydrogen-bond donors (Lipinski definition) is 1. The average Bonchev–Trinajstić information content (AvgIpc) is 3.40. The van der Waals surface area contributed by atoms with Gasteiger partial charge in [0.15, 0.2) is 5.13 Å². The molecule has 3 rings (SSSR count). The average molecular weight is 422 g/mol. The largest absolute Gasteiger partial charge is 0.327 e. The lowest BCUT2D eigenvalue weighted by atomic mass is 10.2. The van der Waals surface area contributed by atoms with E-state index in [9.17, 15) is 9.59 Å². The maximum Gasteiger partial charge on any atom is 0.248 e. The molecule has 0 bridgehead atoms. The number of unbranched alkanes of at least 4 members (excludes halogenated alkanes) is 1. The van der Waals surface area contributed by atoms with Gasteiger partial charge in [0, 0.05) is 36.3 Å². The van der Waals surface area contributed by atoms with Crippen molar-refractivity contribution in [3.63, 3.8) is 0 Å². The van der Waals surface area contributed by atoms with Crippen LogP contribution in [0.15, 0.2) is 17.7 Å². The summed E-state index contributed by atoms with van der Waals surface area (Å²) < 4.78 is 1.77. The molecule has 1 unspecified atom stereocenters. The van der Waals surface area contributed by atoms with E-state index in [4.69, 9.17) is 11.6 Å². The summed E-state index contributed by atoms with van der Waals surface area (Å²) in [7, 11) is 0. The summed E-state index contributed by atoms with van der Waals surface area (Å²) >= 11 is 7.78. The van der Waals surface area contributed by atoms with Crippen LogP contribution >= 0.6 is 22.9 Å². The van der Waals surface area contributed by atoms with Crippen molar-refractivity contribution in [1.82, 2.24) is 19.7 Å². The molecule has 0 spiro atoms. The molecule has 0 saturated carbocycles. The van der Waals surface area contributed by atoms with Crippen LogP contribution in [0.4, 0.5) is 5.13 Å². The number of likely N-dealkylation sites (tertiary alicyclic amines) is 1. The lowest BCUT2D eigenvalue weighted by Gasteiger charge is -2.22. The zero-order chi connectivity index (χ0) is 20.1. The molecule has 9 heteroatoms. The predicted molar refractivity (Wildman–Crippen MR) is 111 cm³/mol. The van der Waals surface area contributed by atoms with Gasteiger partial charge in [-0.1, -0.05) is 24.9 Å². The number of nitrogens with zero attached hydrogens (tertiary/aromatic N) is 4. The van der Waals surface area contributed by atoms with Gasteiger partial charge < -0.3 is 10.2 Å². The first-order chi connectivity index (χ1) is 13.5. The first-order valence-corrected chi connectivity index (χ1v) is 10.7. The topological polar surface area (TPSA) is 80.1 Å². The molecule has 150 valence electrons. The van der Waals surface area contributed by atoms with Gasteiger partial charge in [-0.15, -0.1) is 11.3 Å². The number of nitrogens with one attached hydrogen (secondary N) is 1. The SMILES string of the molecule is CCCCn1nc(C)c(C=CC(=O)N2CCCC2C(=O)Nc2nccs2)c1Cl. The van der Waals surface area contributed by atoms with Crippen LogP contribution in [0.3, 0.4) is 0 Å². The van der Waals surface area contributed by atoms with E-state index in [1.54, 1.807) is 27.2 Å². The van der Waals surface area contributed by atoms with Crippen LogP contribution in [0.25, 0.3) is 6.08 Å². The smallest absolute Gasteiger partial charge is 0.248 e. The molecule has 3 heterocycles. The summed E-state index contributed by atoms with van der Waals surface area (Å²) in [6.07, 6.45) is 8.30. The second kappa shape index (κ2) is 9.34. The Morgan fingerprint density at radius 3 is 3.00 bits per heavy atom. The maximum absolute atomic E-state index is 12.7. The normalized spacial score (nSPS) is 16.8. The van der Waals surface area contributed by atoms with E-state index in [0.29, 0.717) is 23.3 Å². The van der Waals surface area contributed by atoms with Crippen molar-refractivity contribution in [2.24, 2.45) is 0 Å². The van der Waals surface area contributed by atoms with Crippen LogP contribution in [-0.4, -0.2) is 44.1 Å². The highest BCUT2D eigenvalue weighted by Gasteiger charge is 2.33. The second-order valence-electron chi connectivity index (χ2n) is 6.72. The summed E-state index contributed by atoms with van der Waals surface area (Å²) in [6, 6.07) is -0.482. The van der Waals surface area contributed by atoms with Crippen molar-refractivity contribution in [3.05, 3.63) is 34.1 Å². The van der Waals surface area contributed by atoms with E-state index in [0.717, 1.165) is 37.1 Å². The number of aryl methyl sites for hydroxylation is 2. The zero-order valence-corrected chi connectivity index (χ0v) is 17.6. The summed E-state index contributed by atoms with van der Waals surface area (Å²) in [5.74, 6) is -0.399. The Balaban J connectivity index is 1.68. The third-order valence-corrected chi connectivity index (χ3v) is 5.81. The van der Waals surface area contributed by atoms with E-state index in [1.807, 2.05) is 6.92 Å². The molecule has 0 aromatic carbocycles. The molecule has 7 nitrogen and oxygen atoms in total. The minimum Gasteiger partial charge on any atom is -0.327 e. The fourth-order valence-electron chi connectivity index (χ4n) is 3.24. The van der Waals surface area contributed by atoms with Crippen LogP contribution in [0.1, 0.15) is 43.9 Å². The molecule has 1 aliphatic heterocycles. The molecule has 0 aliphatic carbocycles. The molecule has 2 aromatic rings. The predicted octanol–water partition coefficient (Wildman–Crippen LogP) is 3.74. The fraction of sp³-hybridized carbons (Fsp3) is 0.474. The number of amides is 2. The van der Waals surface area contributed by atoms with Crippen molar-refractivity contribution in [2.75, 3.05) is 11.9 Å². The summed E-state index contributed by atoms with van der Waals surface area (Å²) in [6.45, 7) is 5.30. The first-order valence-electron chi connectivity index (χ1n) is 9.43. The van der Waals surface area contributed by atoms with Gasteiger partial charge in [0.1, 0.15) is 11.2 Å². The second-order valence-corrected chi connectivity index (χ2v) is 7.97. The number of carbonyl (C=O) groups is 2. The monoisotopic (exact) mass is 421 g/mol. The van der Waals surface area contributed by atoms with Crippen LogP contribution in [0, 0.1) is 6.92 Å². The van der Waals surface area contributed by atoms with Crippen molar-refractivity contribution in [3.8, 4) is 0 Å². The summed E-state index contributed by atoms with van der Waals surface area (Å²) in [5.41, 5.74) is 1.53. The van der Waals surface area contributed by atoms with E-state index in [2.05, 4.69) is 22.3 Å². The third-order valence-electron chi connectivity index (χ3n) is 4.73. The molecule has 1 aliphatic rings. The number of carbonyl (C=O) groups excluding carboxylic acids is 2. The molecule has 0 radical (unpaired) electrons. The maximum atomic E-state index is 12.7. The molecule has 28 heavy (non-hydrogen) atoms. The molecule has 1 fully saturated rings. The number of aromatic nitrogens is 3. The summed E-state index contributed by atoms with van der Waals surface area (Å²) in [4.78, 5) is 30.9. The number of hydrogen-bond acceptors (Lipinski definition) is 5. The minimum absolute atomic E-state index is 0.198. The number of halogens is 1. The molecular formula is C19H24ClN5O2S. The van der Waals surface area contributed by atoms with Crippen molar-refractivity contribution < 1.29 is 9.59 Å². The molecule has 2 amide bonds. The Morgan fingerprint density at radius 2 is 2.29 bits per heavy atom. The van der Waals surface area contributed by atoms with Crippen molar-refractivity contribution in [1.29, 1.82) is 0 Å². The Kier molecular flexibility index (Phi) is 6.85. The number of anilines is 1. The standard InChI is InChI=1S/C19H24ClN5O2S/c1-3-4-11-25-17(20)14(13(2)23-25)7-8-16(26)24-10-5-6-15(24)18(27)22-19-21-9-12-28-19/h7-9,12,15H,3-6,10-11H2,1-2H3,(H,21,22,27). The molecule has 1 atom stereocenters. The van der Waals surface area contributed by atoms with Gasteiger partial charge in [0.05, 0.1) is 5.69 Å². The van der Waals surface area contributed by atoms with E-state index in [1.165, 1.54) is 17.4 Å². The first kappa shape index (κ1) is 20.5. The van der Waals surface area contributed by atoms with E-state index < -0.39 is 6.04 Å². The van der Waals surface area contributed by atoms with Crippen molar-refractivity contribution in [2.45, 2.75) is 52.1 Å². The van der Waals surface area contributed by atoms with Crippen LogP contribution < -0.4 is 5.32 Å². The minimum atomic E-state index is -0.482. The fourth-order valence-corrected chi connectivity index (χ4v) is 4.09. The van der Waals surface area contributed by atoms with Gasteiger partial charge in [0.25, 0.3) is 0 Å². The molecule has 1 saturated heterocycles. The number of thiazole rings is 1. The van der Waals surface area contributed by atoms with Gasteiger partial charge in [-0.05, 0) is 32.3 Å². The Hall–Kier alpha value is -2.19. The van der Waals surface area contributed by atoms with Crippen molar-refractivity contribution >= 4 is 46.0 Å². The quantitative estimate of drug-likeness (QED) is 0.690. The lowest BCUT2D eigenvalue weighted by Crippen LogP contribution is -2.42. The highest BCUT2D eigenvalue weighted by molar-refractivity contribution is 7.13. The van der Waals surface area contributed by atoms with Crippen LogP contribution in [-0.2, 0) is 16.1 Å². The molecule has 2 aromatic heterocycles. The Bertz CT molecular complexity index is 862. The lowest BCUT2D eigenvalue weighted by molar-refractivity contribution is -0.132. The number of rotatable bonds is 7. The Labute approximate surface area is 173 Å². The van der Waals surface area contributed by atoms with E-state index >= 15 is 0 Å². The van der Waals surface area contributed by atoms with Crippen LogP contribution in [0.2, 0.25) is 5.15 Å². The summed E-state index contributed by atoms with van der Waals surface area (Å²) in [5, 5.41) is 10.1. The molecule has 1 N–H and O–H groups in total. The van der Waals surface area contributed by atoms with Crippen LogP contribution in [0.5, 0.6) is 0 Å². The van der Waals surface area contributed by atoms with Gasteiger partial charge >= 0.3 is 0 Å². The third kappa shape index (κ3) is 4.62. The Morgan fingerprint density at radius 1 is 1.46 bits per heavy atom. The highest BCUT2D eigenvalue weighted by atomic mass is 35.5. The van der Waals surface area contributed by atoms with Gasteiger partial charge in [-0.25, -0.2) is 4.98 Å². The van der Waals surface area contributed by atoms with Gasteiger partial charge in [-0.2, -0.15) is 5.10 Å². The molecular weight excluding hydrogens is 398 g/mol. The van der Waals surface area contributed by atoms with E-state index in [-0.39, 0.29) is 11.8 Å². The van der Waals surface area contributed by atoms with Gasteiger partial charge in [0.2, 0.25) is 11.8 Å². The highest BCUT2D eigenvalue weighted by Crippen LogP contribution is 2.24. The van der Waals surface area contributed by atoms with Gasteiger partial charge in [-0.3, -0.25) is 14.3 Å². The zero-order valence-electron chi connectivity index (χ0n) is 16.0.